The maximum atomic E-state index is 10.6. The van der Waals surface area contributed by atoms with E-state index >= 15 is 0 Å². The SMILES string of the molecule is O=C(O)C(F)(F)F.c1cc(-c2ccc3nc(-c4ccncc4)[nH]c3c2)ccn1. The summed E-state index contributed by atoms with van der Waals surface area (Å²) in [5.74, 6) is -1.90. The van der Waals surface area contributed by atoms with Gasteiger partial charge in [-0.25, -0.2) is 9.78 Å². The lowest BCUT2D eigenvalue weighted by Crippen LogP contribution is -2.21. The van der Waals surface area contributed by atoms with Gasteiger partial charge in [0, 0.05) is 30.4 Å². The van der Waals surface area contributed by atoms with E-state index in [0.29, 0.717) is 0 Å². The Labute approximate surface area is 156 Å². The predicted molar refractivity (Wildman–Crippen MR) is 96.2 cm³/mol. The minimum atomic E-state index is -5.08. The number of imidazole rings is 1. The zero-order chi connectivity index (χ0) is 20.1. The number of aromatic amines is 1. The second-order valence-electron chi connectivity index (χ2n) is 5.59. The van der Waals surface area contributed by atoms with Gasteiger partial charge in [-0.2, -0.15) is 13.2 Å². The molecule has 4 rings (SSSR count). The maximum absolute atomic E-state index is 10.6. The van der Waals surface area contributed by atoms with Gasteiger partial charge in [0.2, 0.25) is 0 Å². The first-order valence-corrected chi connectivity index (χ1v) is 7.95. The van der Waals surface area contributed by atoms with Crippen molar-refractivity contribution in [2.75, 3.05) is 0 Å². The first-order valence-electron chi connectivity index (χ1n) is 7.95. The number of nitrogens with one attached hydrogen (secondary N) is 1. The molecule has 1 aromatic carbocycles. The van der Waals surface area contributed by atoms with Crippen molar-refractivity contribution in [2.24, 2.45) is 0 Å². The smallest absolute Gasteiger partial charge is 0.475 e. The summed E-state index contributed by atoms with van der Waals surface area (Å²) in [6.07, 6.45) is 2.06. The number of pyridine rings is 2. The molecular weight excluding hydrogens is 373 g/mol. The van der Waals surface area contributed by atoms with Crippen molar-refractivity contribution in [3.05, 3.63) is 67.3 Å². The lowest BCUT2D eigenvalue weighted by molar-refractivity contribution is -0.192. The van der Waals surface area contributed by atoms with Crippen LogP contribution < -0.4 is 0 Å². The number of carbonyl (C=O) groups is 1. The van der Waals surface area contributed by atoms with Gasteiger partial charge in [0.15, 0.2) is 0 Å². The summed E-state index contributed by atoms with van der Waals surface area (Å²) in [7, 11) is 0. The quantitative estimate of drug-likeness (QED) is 0.535. The van der Waals surface area contributed by atoms with Crippen LogP contribution in [0.5, 0.6) is 0 Å². The van der Waals surface area contributed by atoms with E-state index in [1.165, 1.54) is 0 Å². The molecule has 0 aliphatic carbocycles. The highest BCUT2D eigenvalue weighted by Gasteiger charge is 2.38. The summed E-state index contributed by atoms with van der Waals surface area (Å²) < 4.78 is 31.7. The molecule has 0 saturated heterocycles. The van der Waals surface area contributed by atoms with Crippen molar-refractivity contribution in [3.63, 3.8) is 0 Å². The summed E-state index contributed by atoms with van der Waals surface area (Å²) in [6.45, 7) is 0. The number of rotatable bonds is 2. The van der Waals surface area contributed by atoms with Crippen LogP contribution in [0.4, 0.5) is 13.2 Å². The van der Waals surface area contributed by atoms with E-state index in [9.17, 15) is 13.2 Å². The molecule has 4 aromatic rings. The zero-order valence-electron chi connectivity index (χ0n) is 14.2. The standard InChI is InChI=1S/C17H12N4.C2HF3O2/c1-2-15-16(11-14(1)12-3-7-18-8-4-12)21-17(20-15)13-5-9-19-10-6-13;3-2(4,5)1(6)7/h1-11H,(H,20,21);(H,6,7). The normalized spacial score (nSPS) is 11.0. The van der Waals surface area contributed by atoms with E-state index in [1.807, 2.05) is 30.3 Å². The van der Waals surface area contributed by atoms with Crippen LogP contribution in [-0.2, 0) is 4.79 Å². The molecule has 0 spiro atoms. The minimum absolute atomic E-state index is 0.860. The van der Waals surface area contributed by atoms with Gasteiger partial charge >= 0.3 is 12.1 Å². The number of H-pyrrole nitrogens is 1. The fraction of sp³-hybridized carbons (Fsp3) is 0.0526. The molecule has 6 nitrogen and oxygen atoms in total. The van der Waals surface area contributed by atoms with Gasteiger partial charge in [-0.1, -0.05) is 6.07 Å². The van der Waals surface area contributed by atoms with E-state index in [1.54, 1.807) is 24.8 Å². The Bertz CT molecular complexity index is 1040. The third-order valence-electron chi connectivity index (χ3n) is 3.69. The van der Waals surface area contributed by atoms with Crippen LogP contribution in [0.2, 0.25) is 0 Å². The van der Waals surface area contributed by atoms with Crippen LogP contribution in [0.25, 0.3) is 33.5 Å². The highest BCUT2D eigenvalue weighted by atomic mass is 19.4. The largest absolute Gasteiger partial charge is 0.490 e. The van der Waals surface area contributed by atoms with E-state index in [2.05, 4.69) is 32.1 Å². The molecule has 0 bridgehead atoms. The number of nitrogens with zero attached hydrogens (tertiary/aromatic N) is 3. The molecule has 0 aliphatic rings. The van der Waals surface area contributed by atoms with E-state index < -0.39 is 12.1 Å². The van der Waals surface area contributed by atoms with Crippen molar-refractivity contribution in [3.8, 4) is 22.5 Å². The van der Waals surface area contributed by atoms with Gasteiger partial charge in [-0.05, 0) is 47.5 Å². The van der Waals surface area contributed by atoms with Crippen molar-refractivity contribution in [1.29, 1.82) is 0 Å². The van der Waals surface area contributed by atoms with Gasteiger partial charge in [0.1, 0.15) is 5.82 Å². The van der Waals surface area contributed by atoms with Crippen LogP contribution >= 0.6 is 0 Å². The molecule has 28 heavy (non-hydrogen) atoms. The summed E-state index contributed by atoms with van der Waals surface area (Å²) in [5.41, 5.74) is 5.31. The summed E-state index contributed by atoms with van der Waals surface area (Å²) >= 11 is 0. The molecular formula is C19H13F3N4O2. The minimum Gasteiger partial charge on any atom is -0.475 e. The number of benzene rings is 1. The Morgan fingerprint density at radius 3 is 1.93 bits per heavy atom. The third kappa shape index (κ3) is 4.50. The predicted octanol–water partition coefficient (Wildman–Crippen LogP) is 4.32. The summed E-state index contributed by atoms with van der Waals surface area (Å²) in [6, 6.07) is 14.1. The van der Waals surface area contributed by atoms with Crippen molar-refractivity contribution in [2.45, 2.75) is 6.18 Å². The average Bonchev–Trinajstić information content (AvgIpc) is 3.12. The number of aromatic nitrogens is 4. The van der Waals surface area contributed by atoms with Crippen molar-refractivity contribution >= 4 is 17.0 Å². The summed E-state index contributed by atoms with van der Waals surface area (Å²) in [4.78, 5) is 25.0. The van der Waals surface area contributed by atoms with Gasteiger partial charge in [0.25, 0.3) is 0 Å². The number of fused-ring (bicyclic) bond motifs is 1. The molecule has 0 atom stereocenters. The number of aliphatic carboxylic acids is 1. The highest BCUT2D eigenvalue weighted by Crippen LogP contribution is 2.25. The molecule has 142 valence electrons. The lowest BCUT2D eigenvalue weighted by Gasteiger charge is -2.00. The molecule has 0 fully saturated rings. The average molecular weight is 386 g/mol. The van der Waals surface area contributed by atoms with E-state index in [0.717, 1.165) is 33.5 Å². The number of hydrogen-bond acceptors (Lipinski definition) is 4. The lowest BCUT2D eigenvalue weighted by atomic mass is 10.1. The van der Waals surface area contributed by atoms with Crippen LogP contribution in [0.3, 0.4) is 0 Å². The number of hydrogen-bond donors (Lipinski definition) is 2. The fourth-order valence-electron chi connectivity index (χ4n) is 2.38. The first-order chi connectivity index (χ1) is 13.3. The Hall–Kier alpha value is -3.75. The number of carboxylic acid groups (broad SMARTS) is 1. The van der Waals surface area contributed by atoms with Gasteiger partial charge < -0.3 is 10.1 Å². The number of halogens is 3. The maximum Gasteiger partial charge on any atom is 0.490 e. The van der Waals surface area contributed by atoms with Crippen molar-refractivity contribution in [1.82, 2.24) is 19.9 Å². The Morgan fingerprint density at radius 2 is 1.39 bits per heavy atom. The topological polar surface area (TPSA) is 91.8 Å². The molecule has 0 unspecified atom stereocenters. The first kappa shape index (κ1) is 19.0. The Balaban J connectivity index is 0.000000279. The van der Waals surface area contributed by atoms with E-state index in [-0.39, 0.29) is 0 Å². The van der Waals surface area contributed by atoms with Crippen LogP contribution in [0, 0.1) is 0 Å². The second kappa shape index (κ2) is 7.87. The molecule has 2 N–H and O–H groups in total. The van der Waals surface area contributed by atoms with E-state index in [4.69, 9.17) is 9.90 Å². The third-order valence-corrected chi connectivity index (χ3v) is 3.69. The Kier molecular flexibility index (Phi) is 5.35. The van der Waals surface area contributed by atoms with Crippen molar-refractivity contribution < 1.29 is 23.1 Å². The van der Waals surface area contributed by atoms with Gasteiger partial charge in [0.05, 0.1) is 11.0 Å². The molecule has 3 heterocycles. The molecule has 9 heteroatoms. The zero-order valence-corrected chi connectivity index (χ0v) is 14.2. The second-order valence-corrected chi connectivity index (χ2v) is 5.59. The molecule has 0 radical (unpaired) electrons. The molecule has 3 aromatic heterocycles. The summed E-state index contributed by atoms with van der Waals surface area (Å²) in [5, 5.41) is 7.12. The molecule has 0 aliphatic heterocycles. The van der Waals surface area contributed by atoms with Gasteiger partial charge in [-0.3, -0.25) is 9.97 Å². The fourth-order valence-corrected chi connectivity index (χ4v) is 2.38. The van der Waals surface area contributed by atoms with Crippen LogP contribution in [0.1, 0.15) is 0 Å². The molecule has 0 saturated carbocycles. The van der Waals surface area contributed by atoms with Crippen LogP contribution in [-0.4, -0.2) is 37.2 Å². The monoisotopic (exact) mass is 386 g/mol. The Morgan fingerprint density at radius 1 is 0.857 bits per heavy atom. The molecule has 0 amide bonds. The number of carboxylic acids is 1. The van der Waals surface area contributed by atoms with Gasteiger partial charge in [-0.15, -0.1) is 0 Å². The van der Waals surface area contributed by atoms with Crippen LogP contribution in [0.15, 0.2) is 67.3 Å². The number of alkyl halides is 3. The highest BCUT2D eigenvalue weighted by molar-refractivity contribution is 5.84.